The third-order valence-corrected chi connectivity index (χ3v) is 2.97. The largest absolute Gasteiger partial charge is 0.382 e. The molecule has 1 rings (SSSR count). The zero-order valence-electron chi connectivity index (χ0n) is 7.10. The molecule has 0 unspecified atom stereocenters. The maximum Gasteiger partial charge on any atom is 0.0890 e. The van der Waals surface area contributed by atoms with E-state index in [-0.39, 0.29) is 5.60 Å². The maximum atomic E-state index is 5.63. The highest BCUT2D eigenvalue weighted by atomic mass is 79.9. The average molecular weight is 223 g/mol. The van der Waals surface area contributed by atoms with Crippen molar-refractivity contribution in [1.29, 1.82) is 0 Å². The molecule has 0 spiro atoms. The van der Waals surface area contributed by atoms with Crippen molar-refractivity contribution in [1.82, 2.24) is 0 Å². The maximum absolute atomic E-state index is 5.63. The molecule has 2 nitrogen and oxygen atoms in total. The van der Waals surface area contributed by atoms with Crippen LogP contribution in [0.1, 0.15) is 13.3 Å². The zero-order valence-corrected chi connectivity index (χ0v) is 8.69. The van der Waals surface area contributed by atoms with Gasteiger partial charge in [0.2, 0.25) is 0 Å². The summed E-state index contributed by atoms with van der Waals surface area (Å²) >= 11 is 3.46. The fourth-order valence-corrected chi connectivity index (χ4v) is 1.97. The van der Waals surface area contributed by atoms with Gasteiger partial charge in [-0.25, -0.2) is 0 Å². The van der Waals surface area contributed by atoms with Gasteiger partial charge in [-0.2, -0.15) is 0 Å². The van der Waals surface area contributed by atoms with Crippen molar-refractivity contribution >= 4 is 15.9 Å². The third kappa shape index (κ3) is 2.42. The van der Waals surface area contributed by atoms with E-state index >= 15 is 0 Å². The lowest BCUT2D eigenvalue weighted by Gasteiger charge is -2.21. The highest BCUT2D eigenvalue weighted by Gasteiger charge is 2.35. The summed E-state index contributed by atoms with van der Waals surface area (Å²) in [5.41, 5.74) is -0.0345. The van der Waals surface area contributed by atoms with Crippen molar-refractivity contribution in [3.63, 3.8) is 0 Å². The number of halogens is 1. The lowest BCUT2D eigenvalue weighted by Crippen LogP contribution is -2.29. The van der Waals surface area contributed by atoms with Gasteiger partial charge in [-0.05, 0) is 19.3 Å². The van der Waals surface area contributed by atoms with Gasteiger partial charge in [-0.15, -0.1) is 0 Å². The number of hydrogen-bond acceptors (Lipinski definition) is 2. The summed E-state index contributed by atoms with van der Waals surface area (Å²) < 4.78 is 10.7. The third-order valence-electron chi connectivity index (χ3n) is 2.06. The van der Waals surface area contributed by atoms with Gasteiger partial charge >= 0.3 is 0 Å². The van der Waals surface area contributed by atoms with Crippen LogP contribution in [0.5, 0.6) is 0 Å². The number of hydrogen-bond donors (Lipinski definition) is 0. The minimum absolute atomic E-state index is 0.0345. The zero-order chi connectivity index (χ0) is 8.32. The minimum Gasteiger partial charge on any atom is -0.382 e. The summed E-state index contributed by atoms with van der Waals surface area (Å²) in [6.07, 6.45) is 1.10. The Hall–Kier alpha value is 0.400. The van der Waals surface area contributed by atoms with E-state index < -0.39 is 0 Å². The standard InChI is InChI=1S/C8H15BrO2/c1-8(6-10-2)3-7(4-9)5-11-8/h7H,3-6H2,1-2H3/t7-,8+/m1/s1. The molecular formula is C8H15BrO2. The second kappa shape index (κ2) is 3.87. The lowest BCUT2D eigenvalue weighted by atomic mass is 9.98. The monoisotopic (exact) mass is 222 g/mol. The summed E-state index contributed by atoms with van der Waals surface area (Å²) in [5, 5.41) is 1.03. The highest BCUT2D eigenvalue weighted by Crippen LogP contribution is 2.30. The normalized spacial score (nSPS) is 37.9. The Bertz CT molecular complexity index is 129. The van der Waals surface area contributed by atoms with Crippen molar-refractivity contribution in [2.45, 2.75) is 18.9 Å². The van der Waals surface area contributed by atoms with Crippen LogP contribution in [0, 0.1) is 5.92 Å². The fourth-order valence-electron chi connectivity index (χ4n) is 1.55. The van der Waals surface area contributed by atoms with Gasteiger partial charge in [0.15, 0.2) is 0 Å². The van der Waals surface area contributed by atoms with E-state index in [1.165, 1.54) is 0 Å². The minimum atomic E-state index is -0.0345. The summed E-state index contributed by atoms with van der Waals surface area (Å²) in [6.45, 7) is 3.68. The van der Waals surface area contributed by atoms with Gasteiger partial charge in [0.1, 0.15) is 0 Å². The quantitative estimate of drug-likeness (QED) is 0.679. The molecule has 3 heteroatoms. The van der Waals surface area contributed by atoms with Crippen LogP contribution < -0.4 is 0 Å². The smallest absolute Gasteiger partial charge is 0.0890 e. The van der Waals surface area contributed by atoms with Gasteiger partial charge in [0.25, 0.3) is 0 Å². The lowest BCUT2D eigenvalue weighted by molar-refractivity contribution is -0.0380. The second-order valence-corrected chi connectivity index (χ2v) is 4.07. The van der Waals surface area contributed by atoms with Crippen LogP contribution in [0.4, 0.5) is 0 Å². The first-order valence-electron chi connectivity index (χ1n) is 3.89. The molecule has 0 radical (unpaired) electrons. The molecule has 0 N–H and O–H groups in total. The fraction of sp³-hybridized carbons (Fsp3) is 1.00. The molecule has 0 amide bonds. The molecule has 1 aliphatic rings. The Balaban J connectivity index is 2.37. The molecule has 0 aromatic rings. The van der Waals surface area contributed by atoms with Gasteiger partial charge < -0.3 is 9.47 Å². The number of ether oxygens (including phenoxy) is 2. The molecule has 1 saturated heterocycles. The molecule has 0 aromatic carbocycles. The second-order valence-electron chi connectivity index (χ2n) is 3.42. The SMILES string of the molecule is COC[C@]1(C)C[C@H](CBr)CO1. The molecule has 1 aliphatic heterocycles. The van der Waals surface area contributed by atoms with E-state index in [4.69, 9.17) is 9.47 Å². The Morgan fingerprint density at radius 3 is 2.91 bits per heavy atom. The predicted octanol–water partition coefficient (Wildman–Crippen LogP) is 1.82. The molecule has 1 heterocycles. The van der Waals surface area contributed by atoms with E-state index in [9.17, 15) is 0 Å². The Morgan fingerprint density at radius 2 is 2.45 bits per heavy atom. The summed E-state index contributed by atoms with van der Waals surface area (Å²) in [7, 11) is 1.72. The van der Waals surface area contributed by atoms with Crippen molar-refractivity contribution in [2.75, 3.05) is 25.7 Å². The molecule has 0 aliphatic carbocycles. The van der Waals surface area contributed by atoms with E-state index in [2.05, 4.69) is 22.9 Å². The summed E-state index contributed by atoms with van der Waals surface area (Å²) in [6, 6.07) is 0. The van der Waals surface area contributed by atoms with Gasteiger partial charge in [-0.3, -0.25) is 0 Å². The molecule has 0 saturated carbocycles. The van der Waals surface area contributed by atoms with Gasteiger partial charge in [0, 0.05) is 12.4 Å². The van der Waals surface area contributed by atoms with E-state index in [1.54, 1.807) is 7.11 Å². The summed E-state index contributed by atoms with van der Waals surface area (Å²) in [5.74, 6) is 0.662. The molecule has 1 fully saturated rings. The predicted molar refractivity (Wildman–Crippen MR) is 48.1 cm³/mol. The number of rotatable bonds is 3. The molecule has 0 aromatic heterocycles. The summed E-state index contributed by atoms with van der Waals surface area (Å²) in [4.78, 5) is 0. The molecule has 11 heavy (non-hydrogen) atoms. The average Bonchev–Trinajstić information content (AvgIpc) is 2.33. The Morgan fingerprint density at radius 1 is 1.73 bits per heavy atom. The van der Waals surface area contributed by atoms with Crippen molar-refractivity contribution < 1.29 is 9.47 Å². The van der Waals surface area contributed by atoms with Gasteiger partial charge in [-0.1, -0.05) is 15.9 Å². The molecule has 66 valence electrons. The van der Waals surface area contributed by atoms with Crippen LogP contribution >= 0.6 is 15.9 Å². The molecule has 2 atom stereocenters. The van der Waals surface area contributed by atoms with E-state index in [0.29, 0.717) is 12.5 Å². The first-order valence-corrected chi connectivity index (χ1v) is 5.01. The van der Waals surface area contributed by atoms with E-state index in [0.717, 1.165) is 18.4 Å². The van der Waals surface area contributed by atoms with Crippen LogP contribution in [-0.2, 0) is 9.47 Å². The van der Waals surface area contributed by atoms with E-state index in [1.807, 2.05) is 0 Å². The van der Waals surface area contributed by atoms with Gasteiger partial charge in [0.05, 0.1) is 18.8 Å². The van der Waals surface area contributed by atoms with Crippen molar-refractivity contribution in [3.8, 4) is 0 Å². The number of methoxy groups -OCH3 is 1. The van der Waals surface area contributed by atoms with Crippen LogP contribution in [0.3, 0.4) is 0 Å². The van der Waals surface area contributed by atoms with Crippen LogP contribution in [0.15, 0.2) is 0 Å². The first kappa shape index (κ1) is 9.49. The Kier molecular flexibility index (Phi) is 3.34. The molecule has 0 bridgehead atoms. The topological polar surface area (TPSA) is 18.5 Å². The van der Waals surface area contributed by atoms with Crippen molar-refractivity contribution in [3.05, 3.63) is 0 Å². The first-order chi connectivity index (χ1) is 5.20. The van der Waals surface area contributed by atoms with Crippen LogP contribution in [-0.4, -0.2) is 31.3 Å². The number of alkyl halides is 1. The highest BCUT2D eigenvalue weighted by molar-refractivity contribution is 9.09. The Labute approximate surface area is 76.4 Å². The van der Waals surface area contributed by atoms with Crippen molar-refractivity contribution in [2.24, 2.45) is 5.92 Å². The molecular weight excluding hydrogens is 208 g/mol. The van der Waals surface area contributed by atoms with Crippen LogP contribution in [0.2, 0.25) is 0 Å². The van der Waals surface area contributed by atoms with Crippen LogP contribution in [0.25, 0.3) is 0 Å².